The predicted molar refractivity (Wildman–Crippen MR) is 45.0 cm³/mol. The second-order valence-corrected chi connectivity index (χ2v) is 3.03. The van der Waals surface area contributed by atoms with Gasteiger partial charge in [0.1, 0.15) is 0 Å². The zero-order chi connectivity index (χ0) is 9.84. The molecule has 0 saturated carbocycles. The number of hydrogen-bond acceptors (Lipinski definition) is 3. The SMILES string of the molecule is CC(=O)N1CCC(NNC(=O)O)C1. The van der Waals surface area contributed by atoms with Crippen LogP contribution in [0.5, 0.6) is 0 Å². The number of nitrogens with one attached hydrogen (secondary N) is 2. The highest BCUT2D eigenvalue weighted by molar-refractivity contribution is 5.73. The fraction of sp³-hybridized carbons (Fsp3) is 0.714. The van der Waals surface area contributed by atoms with Gasteiger partial charge in [-0.1, -0.05) is 0 Å². The normalized spacial score (nSPS) is 21.6. The number of nitrogens with zero attached hydrogens (tertiary/aromatic N) is 1. The number of carboxylic acid groups (broad SMARTS) is 1. The van der Waals surface area contributed by atoms with Crippen molar-refractivity contribution in [2.24, 2.45) is 0 Å². The summed E-state index contributed by atoms with van der Waals surface area (Å²) in [5, 5.41) is 8.29. The third-order valence-electron chi connectivity index (χ3n) is 2.02. The molecule has 0 bridgehead atoms. The van der Waals surface area contributed by atoms with Gasteiger partial charge < -0.3 is 10.0 Å². The molecule has 0 aromatic heterocycles. The molecule has 2 amide bonds. The first-order valence-electron chi connectivity index (χ1n) is 4.09. The Bertz CT molecular complexity index is 219. The maximum Gasteiger partial charge on any atom is 0.419 e. The molecule has 6 heteroatoms. The predicted octanol–water partition coefficient (Wildman–Crippen LogP) is -0.621. The molecule has 74 valence electrons. The minimum absolute atomic E-state index is 0.0274. The zero-order valence-corrected chi connectivity index (χ0v) is 7.41. The average molecular weight is 187 g/mol. The lowest BCUT2D eigenvalue weighted by Crippen LogP contribution is -2.45. The Hall–Kier alpha value is -1.30. The third-order valence-corrected chi connectivity index (χ3v) is 2.02. The van der Waals surface area contributed by atoms with Gasteiger partial charge in [0.15, 0.2) is 0 Å². The zero-order valence-electron chi connectivity index (χ0n) is 7.41. The van der Waals surface area contributed by atoms with Gasteiger partial charge in [0.25, 0.3) is 0 Å². The molecule has 1 saturated heterocycles. The van der Waals surface area contributed by atoms with Crippen molar-refractivity contribution in [3.8, 4) is 0 Å². The van der Waals surface area contributed by atoms with Crippen LogP contribution in [0.1, 0.15) is 13.3 Å². The van der Waals surface area contributed by atoms with Crippen molar-refractivity contribution in [1.82, 2.24) is 15.8 Å². The molecule has 0 aliphatic carbocycles. The van der Waals surface area contributed by atoms with E-state index in [1.54, 1.807) is 4.90 Å². The molecule has 1 aliphatic heterocycles. The number of amides is 2. The molecule has 0 aromatic carbocycles. The molecule has 1 fully saturated rings. The van der Waals surface area contributed by atoms with Crippen LogP contribution in [0, 0.1) is 0 Å². The summed E-state index contributed by atoms with van der Waals surface area (Å²) in [7, 11) is 0. The van der Waals surface area contributed by atoms with Crippen LogP contribution in [0.3, 0.4) is 0 Å². The summed E-state index contributed by atoms with van der Waals surface area (Å²) in [6, 6.07) is 0.0278. The Morgan fingerprint density at radius 1 is 1.54 bits per heavy atom. The molecule has 1 unspecified atom stereocenters. The van der Waals surface area contributed by atoms with Gasteiger partial charge in [0.05, 0.1) is 0 Å². The lowest BCUT2D eigenvalue weighted by molar-refractivity contribution is -0.127. The minimum atomic E-state index is -1.11. The second kappa shape index (κ2) is 4.08. The van der Waals surface area contributed by atoms with Crippen LogP contribution in [-0.2, 0) is 4.79 Å². The van der Waals surface area contributed by atoms with Gasteiger partial charge in [-0.2, -0.15) is 0 Å². The first-order chi connectivity index (χ1) is 6.09. The fourth-order valence-corrected chi connectivity index (χ4v) is 1.33. The third kappa shape index (κ3) is 2.90. The topological polar surface area (TPSA) is 81.7 Å². The molecule has 1 aliphatic rings. The fourth-order valence-electron chi connectivity index (χ4n) is 1.33. The average Bonchev–Trinajstić information content (AvgIpc) is 2.48. The van der Waals surface area contributed by atoms with E-state index >= 15 is 0 Å². The monoisotopic (exact) mass is 187 g/mol. The van der Waals surface area contributed by atoms with E-state index in [9.17, 15) is 9.59 Å². The Kier molecular flexibility index (Phi) is 3.07. The molecule has 1 atom stereocenters. The molecular weight excluding hydrogens is 174 g/mol. The highest BCUT2D eigenvalue weighted by Gasteiger charge is 2.23. The Morgan fingerprint density at radius 3 is 2.69 bits per heavy atom. The van der Waals surface area contributed by atoms with Crippen LogP contribution >= 0.6 is 0 Å². The first kappa shape index (κ1) is 9.79. The molecule has 0 aromatic rings. The number of likely N-dealkylation sites (tertiary alicyclic amines) is 1. The summed E-state index contributed by atoms with van der Waals surface area (Å²) in [4.78, 5) is 22.7. The second-order valence-electron chi connectivity index (χ2n) is 3.03. The first-order valence-corrected chi connectivity index (χ1v) is 4.09. The van der Waals surface area contributed by atoms with Gasteiger partial charge in [0.2, 0.25) is 5.91 Å². The van der Waals surface area contributed by atoms with Crippen molar-refractivity contribution in [2.45, 2.75) is 19.4 Å². The number of rotatable bonds is 2. The van der Waals surface area contributed by atoms with E-state index in [0.717, 1.165) is 6.42 Å². The van der Waals surface area contributed by atoms with Crippen molar-refractivity contribution in [3.63, 3.8) is 0 Å². The van der Waals surface area contributed by atoms with E-state index in [0.29, 0.717) is 13.1 Å². The summed E-state index contributed by atoms with van der Waals surface area (Å²) in [6.45, 7) is 2.76. The van der Waals surface area contributed by atoms with E-state index < -0.39 is 6.09 Å². The largest absolute Gasteiger partial charge is 0.464 e. The van der Waals surface area contributed by atoms with Gasteiger partial charge in [-0.05, 0) is 6.42 Å². The summed E-state index contributed by atoms with van der Waals surface area (Å²) in [6.07, 6.45) is -0.332. The highest BCUT2D eigenvalue weighted by Crippen LogP contribution is 2.07. The molecule has 1 heterocycles. The van der Waals surface area contributed by atoms with Crippen molar-refractivity contribution in [2.75, 3.05) is 13.1 Å². The molecule has 6 nitrogen and oxygen atoms in total. The van der Waals surface area contributed by atoms with E-state index in [-0.39, 0.29) is 11.9 Å². The minimum Gasteiger partial charge on any atom is -0.464 e. The summed E-state index contributed by atoms with van der Waals surface area (Å²) in [5.41, 5.74) is 4.70. The van der Waals surface area contributed by atoms with Crippen LogP contribution in [0.4, 0.5) is 4.79 Å². The van der Waals surface area contributed by atoms with Crippen LogP contribution in [0.25, 0.3) is 0 Å². The van der Waals surface area contributed by atoms with E-state index in [1.807, 2.05) is 0 Å². The van der Waals surface area contributed by atoms with Crippen LogP contribution in [-0.4, -0.2) is 41.1 Å². The Morgan fingerprint density at radius 2 is 2.23 bits per heavy atom. The molecule has 13 heavy (non-hydrogen) atoms. The number of hydrogen-bond donors (Lipinski definition) is 3. The Labute approximate surface area is 75.9 Å². The van der Waals surface area contributed by atoms with Crippen molar-refractivity contribution in [1.29, 1.82) is 0 Å². The quantitative estimate of drug-likeness (QED) is 0.503. The lowest BCUT2D eigenvalue weighted by atomic mass is 10.3. The van der Waals surface area contributed by atoms with Gasteiger partial charge >= 0.3 is 6.09 Å². The highest BCUT2D eigenvalue weighted by atomic mass is 16.4. The van der Waals surface area contributed by atoms with E-state index in [1.165, 1.54) is 6.92 Å². The molecule has 3 N–H and O–H groups in total. The molecule has 0 radical (unpaired) electrons. The van der Waals surface area contributed by atoms with Crippen LogP contribution in [0.2, 0.25) is 0 Å². The lowest BCUT2D eigenvalue weighted by Gasteiger charge is -2.14. The number of hydrazine groups is 1. The maximum atomic E-state index is 10.9. The van der Waals surface area contributed by atoms with Crippen LogP contribution in [0.15, 0.2) is 0 Å². The van der Waals surface area contributed by atoms with Crippen molar-refractivity contribution >= 4 is 12.0 Å². The maximum absolute atomic E-state index is 10.9. The molecule has 0 spiro atoms. The number of carbonyl (C=O) groups excluding carboxylic acids is 1. The van der Waals surface area contributed by atoms with Crippen molar-refractivity contribution in [3.05, 3.63) is 0 Å². The van der Waals surface area contributed by atoms with Gasteiger partial charge in [-0.15, -0.1) is 0 Å². The van der Waals surface area contributed by atoms with Crippen LogP contribution < -0.4 is 10.9 Å². The van der Waals surface area contributed by atoms with Gasteiger partial charge in [-0.3, -0.25) is 10.2 Å². The van der Waals surface area contributed by atoms with Gasteiger partial charge in [-0.25, -0.2) is 10.2 Å². The molecule has 1 rings (SSSR count). The Balaban J connectivity index is 2.25. The summed E-state index contributed by atoms with van der Waals surface area (Å²) < 4.78 is 0. The standard InChI is InChI=1S/C7H13N3O3/c1-5(11)10-3-2-6(4-10)8-9-7(12)13/h6,8-9H,2-4H2,1H3,(H,12,13). The van der Waals surface area contributed by atoms with E-state index in [2.05, 4.69) is 10.9 Å². The summed E-state index contributed by atoms with van der Waals surface area (Å²) >= 11 is 0. The summed E-state index contributed by atoms with van der Waals surface area (Å²) in [5.74, 6) is 0.0274. The number of carbonyl (C=O) groups is 2. The van der Waals surface area contributed by atoms with Gasteiger partial charge in [0, 0.05) is 26.1 Å². The smallest absolute Gasteiger partial charge is 0.419 e. The van der Waals surface area contributed by atoms with Crippen molar-refractivity contribution < 1.29 is 14.7 Å². The van der Waals surface area contributed by atoms with E-state index in [4.69, 9.17) is 5.11 Å². The molecular formula is C7H13N3O3.